The monoisotopic (exact) mass is 530 g/mol. The number of amides is 4. The summed E-state index contributed by atoms with van der Waals surface area (Å²) in [5, 5.41) is 18.4. The number of para-hydroxylation sites is 1. The van der Waals surface area contributed by atoms with Gasteiger partial charge in [0, 0.05) is 23.5 Å². The zero-order valence-corrected chi connectivity index (χ0v) is 22.1. The molecule has 38 heavy (non-hydrogen) atoms. The minimum absolute atomic E-state index is 0.0364. The lowest BCUT2D eigenvalue weighted by molar-refractivity contribution is -0.142. The van der Waals surface area contributed by atoms with Crippen LogP contribution in [0.3, 0.4) is 0 Å². The van der Waals surface area contributed by atoms with Crippen molar-refractivity contribution in [2.45, 2.75) is 71.1 Å². The number of carboxylic acids is 1. The summed E-state index contributed by atoms with van der Waals surface area (Å²) >= 11 is 0. The molecule has 4 amide bonds. The number of aromatic nitrogens is 1. The van der Waals surface area contributed by atoms with Gasteiger partial charge in [-0.3, -0.25) is 19.2 Å². The predicted molar refractivity (Wildman–Crippen MR) is 142 cm³/mol. The number of carbonyl (C=O) groups is 5. The average molecular weight is 531 g/mol. The summed E-state index contributed by atoms with van der Waals surface area (Å²) in [6.07, 6.45) is 1.87. The molecule has 0 saturated heterocycles. The van der Waals surface area contributed by atoms with E-state index in [0.717, 1.165) is 16.5 Å². The molecule has 0 radical (unpaired) electrons. The number of hydrogen-bond acceptors (Lipinski definition) is 6. The molecule has 5 atom stereocenters. The number of carbonyl (C=O) groups excluding carboxylic acids is 4. The highest BCUT2D eigenvalue weighted by molar-refractivity contribution is 5.95. The number of carboxylic acid groups (broad SMARTS) is 1. The van der Waals surface area contributed by atoms with Crippen LogP contribution < -0.4 is 27.4 Å². The Balaban J connectivity index is 2.18. The van der Waals surface area contributed by atoms with Crippen LogP contribution in [0.25, 0.3) is 10.9 Å². The first-order chi connectivity index (χ1) is 17.8. The number of primary amides is 1. The molecule has 1 heterocycles. The minimum atomic E-state index is -1.24. The average Bonchev–Trinajstić information content (AvgIpc) is 3.26. The molecule has 12 heteroatoms. The molecule has 208 valence electrons. The maximum atomic E-state index is 13.3. The number of benzene rings is 1. The predicted octanol–water partition coefficient (Wildman–Crippen LogP) is 0.154. The zero-order chi connectivity index (χ0) is 28.6. The van der Waals surface area contributed by atoms with Crippen LogP contribution in [0.2, 0.25) is 0 Å². The molecule has 0 bridgehead atoms. The summed E-state index contributed by atoms with van der Waals surface area (Å²) in [4.78, 5) is 65.1. The van der Waals surface area contributed by atoms with Gasteiger partial charge in [-0.05, 0) is 23.5 Å². The number of nitrogens with one attached hydrogen (secondary N) is 4. The maximum Gasteiger partial charge on any atom is 0.326 e. The minimum Gasteiger partial charge on any atom is -0.480 e. The Morgan fingerprint density at radius 1 is 0.947 bits per heavy atom. The molecule has 1 aromatic heterocycles. The molecule has 0 aliphatic rings. The number of aromatic amines is 1. The van der Waals surface area contributed by atoms with E-state index in [2.05, 4.69) is 20.9 Å². The highest BCUT2D eigenvalue weighted by Crippen LogP contribution is 2.19. The summed E-state index contributed by atoms with van der Waals surface area (Å²) in [5.41, 5.74) is 12.4. The Bertz CT molecular complexity index is 1160. The molecule has 0 aliphatic carbocycles. The fraction of sp³-hybridized carbons (Fsp3) is 0.500. The van der Waals surface area contributed by atoms with Crippen LogP contribution in [0.1, 0.15) is 46.1 Å². The third-order valence-corrected chi connectivity index (χ3v) is 6.51. The molecule has 0 aliphatic heterocycles. The molecular weight excluding hydrogens is 492 g/mol. The van der Waals surface area contributed by atoms with Crippen molar-refractivity contribution in [2.75, 3.05) is 0 Å². The summed E-state index contributed by atoms with van der Waals surface area (Å²) < 4.78 is 0. The van der Waals surface area contributed by atoms with Crippen LogP contribution >= 0.6 is 0 Å². The Morgan fingerprint density at radius 2 is 1.55 bits per heavy atom. The molecule has 9 N–H and O–H groups in total. The summed E-state index contributed by atoms with van der Waals surface area (Å²) in [6.45, 7) is 6.99. The van der Waals surface area contributed by atoms with Gasteiger partial charge in [0.1, 0.15) is 18.1 Å². The Morgan fingerprint density at radius 3 is 2.13 bits per heavy atom. The lowest BCUT2D eigenvalue weighted by Gasteiger charge is -2.29. The van der Waals surface area contributed by atoms with Crippen molar-refractivity contribution in [2.24, 2.45) is 23.3 Å². The van der Waals surface area contributed by atoms with E-state index in [-0.39, 0.29) is 24.7 Å². The first-order valence-electron chi connectivity index (χ1n) is 12.6. The number of rotatable bonds is 14. The third-order valence-electron chi connectivity index (χ3n) is 6.51. The van der Waals surface area contributed by atoms with Crippen molar-refractivity contribution in [3.05, 3.63) is 36.0 Å². The molecule has 1 aromatic carbocycles. The van der Waals surface area contributed by atoms with Gasteiger partial charge in [0.25, 0.3) is 0 Å². The second-order valence-electron chi connectivity index (χ2n) is 9.84. The normalized spacial score (nSPS) is 15.2. The fourth-order valence-corrected chi connectivity index (χ4v) is 4.03. The van der Waals surface area contributed by atoms with Gasteiger partial charge in [-0.1, -0.05) is 52.3 Å². The summed E-state index contributed by atoms with van der Waals surface area (Å²) in [5.74, 6) is -4.72. The second-order valence-corrected chi connectivity index (χ2v) is 9.84. The van der Waals surface area contributed by atoms with Crippen molar-refractivity contribution in [1.82, 2.24) is 20.9 Å². The highest BCUT2D eigenvalue weighted by atomic mass is 16.4. The van der Waals surface area contributed by atoms with Crippen LogP contribution in [0.4, 0.5) is 0 Å². The number of H-pyrrole nitrogens is 1. The number of fused-ring (bicyclic) bond motifs is 1. The van der Waals surface area contributed by atoms with Crippen LogP contribution in [0.15, 0.2) is 30.5 Å². The van der Waals surface area contributed by atoms with E-state index in [0.29, 0.717) is 6.42 Å². The van der Waals surface area contributed by atoms with Crippen LogP contribution in [-0.2, 0) is 30.4 Å². The summed E-state index contributed by atoms with van der Waals surface area (Å²) in [7, 11) is 0. The van der Waals surface area contributed by atoms with E-state index in [1.807, 2.05) is 31.2 Å². The van der Waals surface area contributed by atoms with Gasteiger partial charge >= 0.3 is 5.97 Å². The molecule has 0 spiro atoms. The first-order valence-corrected chi connectivity index (χ1v) is 12.6. The van der Waals surface area contributed by atoms with Crippen molar-refractivity contribution < 1.29 is 29.1 Å². The van der Waals surface area contributed by atoms with Crippen LogP contribution in [-0.4, -0.2) is 63.9 Å². The second kappa shape index (κ2) is 13.6. The molecular formula is C26H38N6O6. The van der Waals surface area contributed by atoms with Crippen molar-refractivity contribution >= 4 is 40.5 Å². The van der Waals surface area contributed by atoms with Crippen molar-refractivity contribution in [1.29, 1.82) is 0 Å². The number of hydrogen-bond donors (Lipinski definition) is 7. The Hall–Kier alpha value is -3.93. The lowest BCUT2D eigenvalue weighted by Crippen LogP contribution is -2.60. The van der Waals surface area contributed by atoms with E-state index in [4.69, 9.17) is 11.5 Å². The number of aliphatic carboxylic acids is 1. The molecule has 2 aromatic rings. The topological polar surface area (TPSA) is 209 Å². The van der Waals surface area contributed by atoms with Gasteiger partial charge in [-0.15, -0.1) is 0 Å². The van der Waals surface area contributed by atoms with Crippen LogP contribution in [0, 0.1) is 11.8 Å². The third kappa shape index (κ3) is 8.04. The van der Waals surface area contributed by atoms with Gasteiger partial charge in [-0.25, -0.2) is 4.79 Å². The standard InChI is InChI=1S/C26H38N6O6/c1-5-14(4)22(32-24(35)21(13(2)3)31-23(34)17(27)11-20(28)33)25(36)30-19(26(37)38)10-15-12-29-18-9-7-6-8-16(15)18/h6-9,12-14,17,19,21-22,29H,5,10-11,27H2,1-4H3,(H2,28,33)(H,30,36)(H,31,34)(H,32,35)(H,37,38). The van der Waals surface area contributed by atoms with Crippen molar-refractivity contribution in [3.8, 4) is 0 Å². The van der Waals surface area contributed by atoms with Crippen LogP contribution in [0.5, 0.6) is 0 Å². The maximum absolute atomic E-state index is 13.3. The van der Waals surface area contributed by atoms with E-state index in [1.54, 1.807) is 27.0 Å². The molecule has 12 nitrogen and oxygen atoms in total. The SMILES string of the molecule is CCC(C)C(NC(=O)C(NC(=O)C(N)CC(N)=O)C(C)C)C(=O)NC(Cc1c[nH]c2ccccc12)C(=O)O. The quantitative estimate of drug-likeness (QED) is 0.180. The molecule has 5 unspecified atom stereocenters. The lowest BCUT2D eigenvalue weighted by atomic mass is 9.95. The number of nitrogens with two attached hydrogens (primary N) is 2. The smallest absolute Gasteiger partial charge is 0.326 e. The highest BCUT2D eigenvalue weighted by Gasteiger charge is 2.34. The first kappa shape index (κ1) is 30.3. The van der Waals surface area contributed by atoms with E-state index >= 15 is 0 Å². The molecule has 2 rings (SSSR count). The largest absolute Gasteiger partial charge is 0.480 e. The van der Waals surface area contributed by atoms with Gasteiger partial charge < -0.3 is 37.5 Å². The van der Waals surface area contributed by atoms with E-state index in [1.165, 1.54) is 0 Å². The van der Waals surface area contributed by atoms with E-state index in [9.17, 15) is 29.1 Å². The van der Waals surface area contributed by atoms with Gasteiger partial charge in [0.05, 0.1) is 12.5 Å². The Kier molecular flexibility index (Phi) is 10.8. The Labute approximate surface area is 221 Å². The summed E-state index contributed by atoms with van der Waals surface area (Å²) in [6, 6.07) is 2.85. The molecule has 0 saturated carbocycles. The van der Waals surface area contributed by atoms with Gasteiger partial charge in [-0.2, -0.15) is 0 Å². The molecule has 0 fully saturated rings. The fourth-order valence-electron chi connectivity index (χ4n) is 4.03. The van der Waals surface area contributed by atoms with Crippen molar-refractivity contribution in [3.63, 3.8) is 0 Å². The van der Waals surface area contributed by atoms with E-state index < -0.39 is 53.8 Å². The van der Waals surface area contributed by atoms with Gasteiger partial charge in [0.15, 0.2) is 0 Å². The zero-order valence-electron chi connectivity index (χ0n) is 22.1. The van der Waals surface area contributed by atoms with Gasteiger partial charge in [0.2, 0.25) is 23.6 Å².